The third-order valence-corrected chi connectivity index (χ3v) is 13.4. The summed E-state index contributed by atoms with van der Waals surface area (Å²) >= 11 is 0. The van der Waals surface area contributed by atoms with Crippen molar-refractivity contribution in [2.45, 2.75) is 138 Å². The van der Waals surface area contributed by atoms with Gasteiger partial charge in [0.15, 0.2) is 0 Å². The molecule has 0 unspecified atom stereocenters. The van der Waals surface area contributed by atoms with E-state index in [1.807, 2.05) is 38.2 Å². The molecule has 6 aromatic carbocycles. The SMILES string of the molecule is [2H]C(C)(C)c1ccc(-c2ccnc(-c3[c-]c(-c4cccc5c4nc(-c4cc(C(C)C)cc(C(C)C)c4O)n5-c4ccc(C(C)(C)C)cc4-c4ccc(C(C)(C)C)cc4)cc(C(C)(C)C)c3)c2)cc1.[Pt]. The van der Waals surface area contributed by atoms with E-state index in [4.69, 9.17) is 11.3 Å². The van der Waals surface area contributed by atoms with Crippen molar-refractivity contribution in [3.63, 3.8) is 0 Å². The number of nitrogens with zero attached hydrogens (tertiary/aromatic N) is 3. The van der Waals surface area contributed by atoms with Gasteiger partial charge in [0.25, 0.3) is 0 Å². The molecule has 8 rings (SSSR count). The second-order valence-corrected chi connectivity index (χ2v) is 22.5. The van der Waals surface area contributed by atoms with Crippen LogP contribution in [0.2, 0.25) is 0 Å². The van der Waals surface area contributed by atoms with Crippen molar-refractivity contribution >= 4 is 11.0 Å². The molecule has 68 heavy (non-hydrogen) atoms. The van der Waals surface area contributed by atoms with Crippen molar-refractivity contribution in [2.24, 2.45) is 0 Å². The zero-order valence-electron chi connectivity index (χ0n) is 43.9. The Morgan fingerprint density at radius 3 is 1.78 bits per heavy atom. The molecule has 0 fully saturated rings. The number of para-hydroxylation sites is 1. The summed E-state index contributed by atoms with van der Waals surface area (Å²) in [5.41, 5.74) is 17.9. The summed E-state index contributed by atoms with van der Waals surface area (Å²) in [6.07, 6.45) is 1.88. The first-order chi connectivity index (χ1) is 31.8. The van der Waals surface area contributed by atoms with E-state index in [1.54, 1.807) is 0 Å². The fraction of sp³-hybridized carbons (Fsp3) is 0.333. The third-order valence-electron chi connectivity index (χ3n) is 13.4. The standard InChI is InChI=1S/C63H70N3O.Pt/c1-38(2)41-19-21-42(22-20-41)44-29-30-64-55(36-44)47-31-46(32-50(33-47)63(13,14)15)51-17-16-18-57-58(51)65-60(54-35-45(39(3)4)34-52(40(5)6)59(54)67)66(57)56-28-27-49(62(10,11)12)37-53(56)43-23-25-48(26-24-43)61(7,8)9;/h16-30,32-40,67H,1-15H3;/q-1;/i38D;. The third kappa shape index (κ3) is 10.1. The normalized spacial score (nSPS) is 12.8. The van der Waals surface area contributed by atoms with Crippen LogP contribution in [0, 0.1) is 6.07 Å². The number of hydrogen-bond donors (Lipinski definition) is 1. The number of benzene rings is 6. The van der Waals surface area contributed by atoms with Crippen LogP contribution in [0.4, 0.5) is 0 Å². The van der Waals surface area contributed by atoms with Crippen LogP contribution in [0.1, 0.15) is 156 Å². The number of phenolic OH excluding ortho intramolecular Hbond substituents is 1. The molecule has 1 N–H and O–H groups in total. The maximum atomic E-state index is 12.4. The van der Waals surface area contributed by atoms with Crippen LogP contribution in [-0.2, 0) is 37.3 Å². The Bertz CT molecular complexity index is 3150. The number of rotatable bonds is 9. The molecule has 4 nitrogen and oxygen atoms in total. The summed E-state index contributed by atoms with van der Waals surface area (Å²) in [4.78, 5) is 10.6. The Balaban J connectivity index is 0.00000703. The molecule has 0 atom stereocenters. The van der Waals surface area contributed by atoms with Gasteiger partial charge in [0.05, 0.1) is 22.3 Å². The van der Waals surface area contributed by atoms with Crippen molar-refractivity contribution in [3.8, 4) is 67.5 Å². The predicted octanol–water partition coefficient (Wildman–Crippen LogP) is 17.5. The minimum absolute atomic E-state index is 0. The minimum atomic E-state index is -0.673. The fourth-order valence-corrected chi connectivity index (χ4v) is 8.98. The maximum Gasteiger partial charge on any atom is 0.148 e. The van der Waals surface area contributed by atoms with Crippen LogP contribution < -0.4 is 0 Å². The van der Waals surface area contributed by atoms with Crippen molar-refractivity contribution < 1.29 is 27.5 Å². The molecule has 0 aliphatic carbocycles. The van der Waals surface area contributed by atoms with E-state index < -0.39 is 5.89 Å². The van der Waals surface area contributed by atoms with Gasteiger partial charge in [-0.25, -0.2) is 4.98 Å². The van der Waals surface area contributed by atoms with Crippen LogP contribution in [0.5, 0.6) is 5.75 Å². The van der Waals surface area contributed by atoms with Gasteiger partial charge in [-0.05, 0) is 109 Å². The van der Waals surface area contributed by atoms with Gasteiger partial charge in [-0.3, -0.25) is 9.55 Å². The molecule has 354 valence electrons. The summed E-state index contributed by atoms with van der Waals surface area (Å²) < 4.78 is 10.8. The molecule has 5 heteroatoms. The first-order valence-electron chi connectivity index (χ1n) is 24.6. The molecule has 0 radical (unpaired) electrons. The van der Waals surface area contributed by atoms with E-state index in [9.17, 15) is 5.11 Å². The average Bonchev–Trinajstić information content (AvgIpc) is 3.67. The molecule has 0 bridgehead atoms. The molecule has 0 saturated carbocycles. The number of imidazole rings is 1. The average molecular weight is 1080 g/mol. The number of fused-ring (bicyclic) bond motifs is 1. The fourth-order valence-electron chi connectivity index (χ4n) is 8.98. The zero-order valence-corrected chi connectivity index (χ0v) is 45.2. The Morgan fingerprint density at radius 2 is 1.18 bits per heavy atom. The van der Waals surface area contributed by atoms with E-state index in [-0.39, 0.29) is 54.9 Å². The van der Waals surface area contributed by atoms with Gasteiger partial charge in [-0.2, -0.15) is 0 Å². The van der Waals surface area contributed by atoms with E-state index in [1.165, 1.54) is 11.1 Å². The van der Waals surface area contributed by atoms with Crippen LogP contribution in [-0.4, -0.2) is 19.6 Å². The summed E-state index contributed by atoms with van der Waals surface area (Å²) in [6.45, 7) is 32.8. The van der Waals surface area contributed by atoms with E-state index in [0.29, 0.717) is 11.4 Å². The number of aromatic nitrogens is 3. The predicted molar refractivity (Wildman–Crippen MR) is 285 cm³/mol. The van der Waals surface area contributed by atoms with E-state index >= 15 is 0 Å². The smallest absolute Gasteiger partial charge is 0.148 e. The first kappa shape index (κ1) is 48.9. The number of phenols is 1. The minimum Gasteiger partial charge on any atom is -0.507 e. The van der Waals surface area contributed by atoms with Crippen LogP contribution in [0.3, 0.4) is 0 Å². The van der Waals surface area contributed by atoms with Crippen molar-refractivity contribution in [1.29, 1.82) is 0 Å². The molecular formula is C63H70N3OPt-. The largest absolute Gasteiger partial charge is 0.507 e. The van der Waals surface area contributed by atoms with Crippen molar-refractivity contribution in [1.82, 2.24) is 14.5 Å². The second-order valence-electron chi connectivity index (χ2n) is 22.5. The van der Waals surface area contributed by atoms with Crippen molar-refractivity contribution in [3.05, 3.63) is 167 Å². The molecule has 0 aliphatic rings. The maximum absolute atomic E-state index is 12.4. The Kier molecular flexibility index (Phi) is 13.7. The van der Waals surface area contributed by atoms with Crippen LogP contribution in [0.15, 0.2) is 128 Å². The summed E-state index contributed by atoms with van der Waals surface area (Å²) in [6, 6.07) is 47.5. The quantitative estimate of drug-likeness (QED) is 0.147. The van der Waals surface area contributed by atoms with Gasteiger partial charge in [0, 0.05) is 39.9 Å². The Labute approximate surface area is 423 Å². The summed E-state index contributed by atoms with van der Waals surface area (Å²) in [5, 5.41) is 12.4. The summed E-state index contributed by atoms with van der Waals surface area (Å²) in [7, 11) is 0. The molecule has 0 amide bonds. The molecule has 8 aromatic rings. The molecule has 0 aliphatic heterocycles. The molecule has 2 aromatic heterocycles. The van der Waals surface area contributed by atoms with Gasteiger partial charge < -0.3 is 5.11 Å². The van der Waals surface area contributed by atoms with Crippen LogP contribution >= 0.6 is 0 Å². The zero-order chi connectivity index (χ0) is 49.2. The van der Waals surface area contributed by atoms with Gasteiger partial charge in [-0.1, -0.05) is 194 Å². The number of pyridine rings is 1. The number of hydrogen-bond acceptors (Lipinski definition) is 3. The van der Waals surface area contributed by atoms with Crippen molar-refractivity contribution in [2.75, 3.05) is 0 Å². The Morgan fingerprint density at radius 1 is 0.559 bits per heavy atom. The molecule has 0 spiro atoms. The monoisotopic (exact) mass is 1080 g/mol. The topological polar surface area (TPSA) is 50.9 Å². The van der Waals surface area contributed by atoms with Gasteiger partial charge in [0.1, 0.15) is 11.6 Å². The van der Waals surface area contributed by atoms with Gasteiger partial charge >= 0.3 is 0 Å². The van der Waals surface area contributed by atoms with Crippen LogP contribution in [0.25, 0.3) is 72.7 Å². The molecule has 0 saturated heterocycles. The summed E-state index contributed by atoms with van der Waals surface area (Å²) in [5.74, 6) is 0.606. The van der Waals surface area contributed by atoms with Gasteiger partial charge in [-0.15, -0.1) is 29.3 Å². The first-order valence-corrected chi connectivity index (χ1v) is 24.1. The molecular weight excluding hydrogens is 1010 g/mol. The number of aromatic hydroxyl groups is 1. The van der Waals surface area contributed by atoms with Gasteiger partial charge in [0.2, 0.25) is 0 Å². The molecule has 2 heterocycles. The second kappa shape index (κ2) is 19.1. The van der Waals surface area contributed by atoms with E-state index in [2.05, 4.69) is 204 Å². The Hall–Kier alpha value is -5.57. The van der Waals surface area contributed by atoms with E-state index in [0.717, 1.165) is 83.6 Å².